The van der Waals surface area contributed by atoms with Gasteiger partial charge in [0.25, 0.3) is 0 Å². The number of rotatable bonds is 2. The maximum Gasteiger partial charge on any atom is 0.380 e. The molecule has 0 amide bonds. The molecular formula is C18H23B2NO. The molecule has 0 radical (unpaired) electrons. The standard InChI is InChI=1S/C18H20BNO.BH3/c1-19-20-14-8-13-17(20)18(21-19,15-9-4-2-5-10-15)16-11-6-3-7-12-16;/h2-7,9-12,17H,8,13-14H2,1H3;1H3/t17-;/m1./s1. The average molecular weight is 291 g/mol. The van der Waals surface area contributed by atoms with Crippen LogP contribution in [0.5, 0.6) is 0 Å². The van der Waals surface area contributed by atoms with Crippen molar-refractivity contribution >= 4 is 15.5 Å². The van der Waals surface area contributed by atoms with E-state index in [1.54, 1.807) is 0 Å². The van der Waals surface area contributed by atoms with Crippen LogP contribution in [-0.2, 0) is 10.3 Å². The van der Waals surface area contributed by atoms with Gasteiger partial charge in [-0.3, -0.25) is 0 Å². The minimum atomic E-state index is -0.321. The van der Waals surface area contributed by atoms with Gasteiger partial charge in [0.05, 0.1) is 8.41 Å². The van der Waals surface area contributed by atoms with Crippen LogP contribution in [-0.4, -0.2) is 32.9 Å². The lowest BCUT2D eigenvalue weighted by Crippen LogP contribution is -2.41. The molecule has 0 unspecified atom stereocenters. The summed E-state index contributed by atoms with van der Waals surface area (Å²) in [6.07, 6.45) is 2.47. The van der Waals surface area contributed by atoms with Crippen LogP contribution in [0.15, 0.2) is 60.7 Å². The minimum Gasteiger partial charge on any atom is -0.406 e. The van der Waals surface area contributed by atoms with E-state index >= 15 is 0 Å². The molecule has 0 bridgehead atoms. The van der Waals surface area contributed by atoms with E-state index in [2.05, 4.69) is 72.3 Å². The SMILES string of the molecule is B.CB1OC(c2ccccc2)(c2ccccc2)[C@H]2CCCN12. The maximum atomic E-state index is 6.61. The number of hydrogen-bond acceptors (Lipinski definition) is 2. The quantitative estimate of drug-likeness (QED) is 0.788. The van der Waals surface area contributed by atoms with E-state index in [9.17, 15) is 0 Å². The molecule has 4 rings (SSSR count). The van der Waals surface area contributed by atoms with Gasteiger partial charge in [-0.1, -0.05) is 60.7 Å². The molecule has 2 fully saturated rings. The van der Waals surface area contributed by atoms with Gasteiger partial charge in [0.1, 0.15) is 5.60 Å². The van der Waals surface area contributed by atoms with Crippen molar-refractivity contribution in [1.82, 2.24) is 4.81 Å². The highest BCUT2D eigenvalue weighted by atomic mass is 16.5. The maximum absolute atomic E-state index is 6.61. The van der Waals surface area contributed by atoms with E-state index in [0.29, 0.717) is 6.04 Å². The number of nitrogens with zero attached hydrogens (tertiary/aromatic N) is 1. The average Bonchev–Trinajstić information content (AvgIpc) is 3.13. The third-order valence-corrected chi connectivity index (χ3v) is 4.99. The van der Waals surface area contributed by atoms with Gasteiger partial charge in [-0.15, -0.1) is 0 Å². The van der Waals surface area contributed by atoms with Crippen molar-refractivity contribution in [3.05, 3.63) is 71.8 Å². The molecule has 112 valence electrons. The Labute approximate surface area is 135 Å². The Hall–Kier alpha value is -1.51. The fourth-order valence-electron chi connectivity index (χ4n) is 4.14. The van der Waals surface area contributed by atoms with Crippen molar-refractivity contribution in [2.45, 2.75) is 31.3 Å². The van der Waals surface area contributed by atoms with Gasteiger partial charge in [0.2, 0.25) is 0 Å². The molecule has 2 heterocycles. The predicted molar refractivity (Wildman–Crippen MR) is 96.0 cm³/mol. The summed E-state index contributed by atoms with van der Waals surface area (Å²) >= 11 is 0. The highest BCUT2D eigenvalue weighted by Crippen LogP contribution is 2.48. The number of benzene rings is 2. The zero-order valence-corrected chi connectivity index (χ0v) is 12.4. The first-order chi connectivity index (χ1) is 10.3. The van der Waals surface area contributed by atoms with Gasteiger partial charge in [0.15, 0.2) is 0 Å². The van der Waals surface area contributed by atoms with Crippen molar-refractivity contribution in [2.24, 2.45) is 0 Å². The van der Waals surface area contributed by atoms with E-state index in [1.807, 2.05) is 0 Å². The Balaban J connectivity index is 0.00000144. The third kappa shape index (κ3) is 2.13. The van der Waals surface area contributed by atoms with Crippen LogP contribution >= 0.6 is 0 Å². The molecule has 0 spiro atoms. The molecule has 0 saturated carbocycles. The van der Waals surface area contributed by atoms with Crippen LogP contribution in [0.2, 0.25) is 6.82 Å². The van der Waals surface area contributed by atoms with Crippen molar-refractivity contribution in [1.29, 1.82) is 0 Å². The Kier molecular flexibility index (Phi) is 4.16. The molecule has 2 aliphatic heterocycles. The molecule has 1 atom stereocenters. The van der Waals surface area contributed by atoms with Crippen LogP contribution in [0.3, 0.4) is 0 Å². The van der Waals surface area contributed by atoms with Crippen LogP contribution in [0, 0.1) is 0 Å². The predicted octanol–water partition coefficient (Wildman–Crippen LogP) is 2.36. The molecule has 2 aromatic rings. The first-order valence-corrected chi connectivity index (χ1v) is 7.87. The molecule has 2 nitrogen and oxygen atoms in total. The molecule has 0 aromatic heterocycles. The summed E-state index contributed by atoms with van der Waals surface area (Å²) < 4.78 is 6.61. The largest absolute Gasteiger partial charge is 0.406 e. The molecule has 4 heteroatoms. The van der Waals surface area contributed by atoms with E-state index in [-0.39, 0.29) is 21.1 Å². The number of hydrogen-bond donors (Lipinski definition) is 0. The topological polar surface area (TPSA) is 12.5 Å². The van der Waals surface area contributed by atoms with Gasteiger partial charge in [0, 0.05) is 6.04 Å². The Morgan fingerprint density at radius 1 is 1.00 bits per heavy atom. The summed E-state index contributed by atoms with van der Waals surface area (Å²) in [5.74, 6) is 0. The third-order valence-electron chi connectivity index (χ3n) is 4.99. The minimum absolute atomic E-state index is 0. The lowest BCUT2D eigenvalue weighted by atomic mass is 9.79. The molecule has 2 aromatic carbocycles. The van der Waals surface area contributed by atoms with E-state index in [4.69, 9.17) is 4.65 Å². The number of fused-ring (bicyclic) bond motifs is 1. The second-order valence-corrected chi connectivity index (χ2v) is 6.08. The Morgan fingerprint density at radius 3 is 2.09 bits per heavy atom. The molecule has 2 aliphatic rings. The van der Waals surface area contributed by atoms with E-state index in [1.165, 1.54) is 24.0 Å². The highest BCUT2D eigenvalue weighted by molar-refractivity contribution is 6.48. The van der Waals surface area contributed by atoms with Crippen LogP contribution in [0.1, 0.15) is 24.0 Å². The second kappa shape index (κ2) is 5.94. The summed E-state index contributed by atoms with van der Waals surface area (Å²) in [7, 11) is 0.179. The molecule has 0 aliphatic carbocycles. The normalized spacial score (nSPS) is 23.1. The van der Waals surface area contributed by atoms with Crippen molar-refractivity contribution in [3.8, 4) is 0 Å². The second-order valence-electron chi connectivity index (χ2n) is 6.08. The fraction of sp³-hybridized carbons (Fsp3) is 0.333. The van der Waals surface area contributed by atoms with Gasteiger partial charge in [-0.2, -0.15) is 0 Å². The highest BCUT2D eigenvalue weighted by Gasteiger charge is 2.56. The molecular weight excluding hydrogens is 268 g/mol. The zero-order chi connectivity index (χ0) is 14.3. The van der Waals surface area contributed by atoms with Gasteiger partial charge >= 0.3 is 7.05 Å². The first-order valence-electron chi connectivity index (χ1n) is 7.87. The Bertz CT molecular complexity index is 580. The molecule has 0 N–H and O–H groups in total. The first kappa shape index (κ1) is 15.4. The van der Waals surface area contributed by atoms with E-state index in [0.717, 1.165) is 6.54 Å². The van der Waals surface area contributed by atoms with E-state index < -0.39 is 0 Å². The lowest BCUT2D eigenvalue weighted by Gasteiger charge is -2.36. The lowest BCUT2D eigenvalue weighted by molar-refractivity contribution is 0.106. The van der Waals surface area contributed by atoms with Crippen LogP contribution < -0.4 is 0 Å². The fourth-order valence-corrected chi connectivity index (χ4v) is 4.14. The smallest absolute Gasteiger partial charge is 0.380 e. The van der Waals surface area contributed by atoms with Gasteiger partial charge in [-0.05, 0) is 37.3 Å². The van der Waals surface area contributed by atoms with Gasteiger partial charge < -0.3 is 9.47 Å². The molecule has 2 saturated heterocycles. The van der Waals surface area contributed by atoms with Crippen molar-refractivity contribution in [3.63, 3.8) is 0 Å². The summed E-state index contributed by atoms with van der Waals surface area (Å²) in [6, 6.07) is 21.9. The summed E-state index contributed by atoms with van der Waals surface area (Å²) in [5, 5.41) is 0. The summed E-state index contributed by atoms with van der Waals surface area (Å²) in [4.78, 5) is 2.53. The summed E-state index contributed by atoms with van der Waals surface area (Å²) in [6.45, 7) is 3.33. The van der Waals surface area contributed by atoms with Crippen molar-refractivity contribution < 1.29 is 4.65 Å². The Morgan fingerprint density at radius 2 is 1.55 bits per heavy atom. The monoisotopic (exact) mass is 291 g/mol. The van der Waals surface area contributed by atoms with Gasteiger partial charge in [-0.25, -0.2) is 0 Å². The zero-order valence-electron chi connectivity index (χ0n) is 12.4. The molecule has 22 heavy (non-hydrogen) atoms. The van der Waals surface area contributed by atoms with Crippen LogP contribution in [0.4, 0.5) is 0 Å². The van der Waals surface area contributed by atoms with Crippen molar-refractivity contribution in [2.75, 3.05) is 6.54 Å². The summed E-state index contributed by atoms with van der Waals surface area (Å²) in [5.41, 5.74) is 2.23. The van der Waals surface area contributed by atoms with Crippen LogP contribution in [0.25, 0.3) is 0 Å².